The van der Waals surface area contributed by atoms with E-state index in [0.717, 1.165) is 12.3 Å². The molecule has 1 aromatic carbocycles. The van der Waals surface area contributed by atoms with Crippen LogP contribution in [0.3, 0.4) is 0 Å². The summed E-state index contributed by atoms with van der Waals surface area (Å²) in [7, 11) is 0. The van der Waals surface area contributed by atoms with Gasteiger partial charge in [-0.05, 0) is 24.3 Å². The van der Waals surface area contributed by atoms with Crippen LogP contribution >= 0.6 is 0 Å². The van der Waals surface area contributed by atoms with Gasteiger partial charge in [-0.25, -0.2) is 9.67 Å². The molecule has 28 heavy (non-hydrogen) atoms. The monoisotopic (exact) mass is 400 g/mol. The van der Waals surface area contributed by atoms with Crippen molar-refractivity contribution in [3.8, 4) is 5.82 Å². The molecule has 2 aromatic heterocycles. The summed E-state index contributed by atoms with van der Waals surface area (Å²) in [5.41, 5.74) is -3.49. The summed E-state index contributed by atoms with van der Waals surface area (Å²) >= 11 is 0. The maximum Gasteiger partial charge on any atom is 0.435 e. The lowest BCUT2D eigenvalue weighted by atomic mass is 10.2. The fraction of sp³-hybridized carbons (Fsp3) is 0.118. The average Bonchev–Trinajstić information content (AvgIpc) is 3.08. The summed E-state index contributed by atoms with van der Waals surface area (Å²) in [5.74, 6) is -1.54. The van der Waals surface area contributed by atoms with Crippen LogP contribution in [0.15, 0.2) is 54.7 Å². The Labute approximate surface area is 153 Å². The fourth-order valence-electron chi connectivity index (χ4n) is 2.35. The van der Waals surface area contributed by atoms with Crippen LogP contribution in [0.5, 0.6) is 0 Å². The molecular weight excluding hydrogens is 390 g/mol. The van der Waals surface area contributed by atoms with E-state index in [9.17, 15) is 31.1 Å². The minimum Gasteiger partial charge on any atom is -0.322 e. The summed E-state index contributed by atoms with van der Waals surface area (Å²) in [6.07, 6.45) is -9.21. The number of hydrogen-bond donors (Lipinski definition) is 1. The van der Waals surface area contributed by atoms with Gasteiger partial charge in [-0.3, -0.25) is 4.79 Å². The maximum atomic E-state index is 13.3. The van der Waals surface area contributed by atoms with Gasteiger partial charge in [-0.1, -0.05) is 18.2 Å². The van der Waals surface area contributed by atoms with E-state index in [2.05, 4.69) is 15.4 Å². The molecule has 0 bridgehead atoms. The first kappa shape index (κ1) is 19.4. The molecule has 5 nitrogen and oxygen atoms in total. The van der Waals surface area contributed by atoms with E-state index in [0.29, 0.717) is 5.69 Å². The third-order valence-electron chi connectivity index (χ3n) is 3.55. The number of alkyl halides is 6. The lowest BCUT2D eigenvalue weighted by molar-refractivity contribution is -0.143. The Bertz CT molecular complexity index is 995. The van der Waals surface area contributed by atoms with Crippen molar-refractivity contribution in [3.63, 3.8) is 0 Å². The molecule has 0 saturated heterocycles. The second kappa shape index (κ2) is 6.98. The van der Waals surface area contributed by atoms with Crippen LogP contribution in [0.2, 0.25) is 0 Å². The van der Waals surface area contributed by atoms with Crippen molar-refractivity contribution < 1.29 is 31.1 Å². The number of amides is 1. The summed E-state index contributed by atoms with van der Waals surface area (Å²) in [6.45, 7) is 0. The predicted octanol–water partition coefficient (Wildman–Crippen LogP) is 4.56. The molecule has 1 amide bonds. The van der Waals surface area contributed by atoms with E-state index in [1.807, 2.05) is 0 Å². The van der Waals surface area contributed by atoms with Gasteiger partial charge in [-0.15, -0.1) is 0 Å². The molecule has 0 unspecified atom stereocenters. The normalized spacial score (nSPS) is 12.1. The van der Waals surface area contributed by atoms with Crippen molar-refractivity contribution in [3.05, 3.63) is 71.7 Å². The number of rotatable bonds is 3. The van der Waals surface area contributed by atoms with Crippen molar-refractivity contribution in [2.75, 3.05) is 5.32 Å². The van der Waals surface area contributed by atoms with Crippen LogP contribution < -0.4 is 5.32 Å². The number of nitrogens with zero attached hydrogens (tertiary/aromatic N) is 3. The quantitative estimate of drug-likeness (QED) is 0.656. The molecule has 11 heteroatoms. The van der Waals surface area contributed by atoms with Crippen LogP contribution in [0, 0.1) is 0 Å². The molecule has 3 rings (SSSR count). The van der Waals surface area contributed by atoms with Crippen LogP contribution in [0.25, 0.3) is 5.82 Å². The van der Waals surface area contributed by atoms with Crippen LogP contribution in [-0.4, -0.2) is 20.7 Å². The number of para-hydroxylation sites is 1. The summed E-state index contributed by atoms with van der Waals surface area (Å²) < 4.78 is 78.4. The summed E-state index contributed by atoms with van der Waals surface area (Å²) in [5, 5.41) is 5.44. The SMILES string of the molecule is O=C(Nc1ccccc1)c1cccnc1-n1nc(C(F)(F)F)cc1C(F)(F)F. The van der Waals surface area contributed by atoms with Crippen LogP contribution in [0.1, 0.15) is 21.7 Å². The number of hydrogen-bond acceptors (Lipinski definition) is 3. The molecule has 0 saturated carbocycles. The minimum absolute atomic E-state index is 0.0251. The third-order valence-corrected chi connectivity index (χ3v) is 3.55. The van der Waals surface area contributed by atoms with E-state index in [4.69, 9.17) is 0 Å². The molecular formula is C17H10F6N4O. The van der Waals surface area contributed by atoms with E-state index < -0.39 is 35.5 Å². The molecule has 1 N–H and O–H groups in total. The Hall–Kier alpha value is -3.37. The Kier molecular flexibility index (Phi) is 4.84. The van der Waals surface area contributed by atoms with Gasteiger partial charge in [0, 0.05) is 18.0 Å². The minimum atomic E-state index is -5.15. The number of carbonyl (C=O) groups is 1. The number of halogens is 6. The number of aromatic nitrogens is 3. The van der Waals surface area contributed by atoms with E-state index in [1.165, 1.54) is 18.2 Å². The molecule has 2 heterocycles. The summed E-state index contributed by atoms with van der Waals surface area (Å²) in [4.78, 5) is 16.1. The van der Waals surface area contributed by atoms with Gasteiger partial charge in [0.25, 0.3) is 5.91 Å². The van der Waals surface area contributed by atoms with E-state index >= 15 is 0 Å². The molecule has 0 radical (unpaired) electrons. The number of pyridine rings is 1. The van der Waals surface area contributed by atoms with Crippen LogP contribution in [0.4, 0.5) is 32.0 Å². The van der Waals surface area contributed by atoms with Crippen LogP contribution in [-0.2, 0) is 12.4 Å². The highest BCUT2D eigenvalue weighted by Gasteiger charge is 2.43. The van der Waals surface area contributed by atoms with E-state index in [1.54, 1.807) is 18.2 Å². The topological polar surface area (TPSA) is 59.8 Å². The second-order valence-electron chi connectivity index (χ2n) is 5.52. The predicted molar refractivity (Wildman–Crippen MR) is 85.8 cm³/mol. The molecule has 146 valence electrons. The zero-order valence-electron chi connectivity index (χ0n) is 13.7. The lowest BCUT2D eigenvalue weighted by Gasteiger charge is -2.13. The second-order valence-corrected chi connectivity index (χ2v) is 5.52. The molecule has 0 aliphatic rings. The Morgan fingerprint density at radius 2 is 1.61 bits per heavy atom. The van der Waals surface area contributed by atoms with Gasteiger partial charge in [0.1, 0.15) is 0 Å². The van der Waals surface area contributed by atoms with Gasteiger partial charge in [0.15, 0.2) is 17.2 Å². The average molecular weight is 400 g/mol. The molecule has 0 fully saturated rings. The molecule has 0 aliphatic carbocycles. The van der Waals surface area contributed by atoms with E-state index in [-0.39, 0.29) is 16.3 Å². The molecule has 3 aromatic rings. The van der Waals surface area contributed by atoms with Crippen molar-refractivity contribution in [2.45, 2.75) is 12.4 Å². The standard InChI is InChI=1S/C17H10F6N4O/c18-16(19,20)12-9-13(17(21,22)23)27(26-12)14-11(7-4-8-24-14)15(28)25-10-5-2-1-3-6-10/h1-9H,(H,25,28). The van der Waals surface area contributed by atoms with Crippen molar-refractivity contribution in [1.29, 1.82) is 0 Å². The first-order valence-electron chi connectivity index (χ1n) is 7.63. The Balaban J connectivity index is 2.10. The Morgan fingerprint density at radius 3 is 2.21 bits per heavy atom. The third kappa shape index (κ3) is 3.97. The first-order valence-corrected chi connectivity index (χ1v) is 7.63. The highest BCUT2D eigenvalue weighted by Crippen LogP contribution is 2.36. The van der Waals surface area contributed by atoms with Gasteiger partial charge >= 0.3 is 12.4 Å². The highest BCUT2D eigenvalue weighted by molar-refractivity contribution is 6.06. The van der Waals surface area contributed by atoms with Crippen molar-refractivity contribution >= 4 is 11.6 Å². The molecule has 0 atom stereocenters. The molecule has 0 spiro atoms. The lowest BCUT2D eigenvalue weighted by Crippen LogP contribution is -2.20. The molecule has 0 aliphatic heterocycles. The largest absolute Gasteiger partial charge is 0.435 e. The number of benzene rings is 1. The van der Waals surface area contributed by atoms with Gasteiger partial charge in [0.2, 0.25) is 0 Å². The number of carbonyl (C=O) groups excluding carboxylic acids is 1. The van der Waals surface area contributed by atoms with Crippen molar-refractivity contribution in [1.82, 2.24) is 14.8 Å². The number of anilines is 1. The zero-order valence-corrected chi connectivity index (χ0v) is 13.7. The first-order chi connectivity index (χ1) is 13.1. The smallest absolute Gasteiger partial charge is 0.322 e. The van der Waals surface area contributed by atoms with Gasteiger partial charge < -0.3 is 5.32 Å². The summed E-state index contributed by atoms with van der Waals surface area (Å²) in [6, 6.07) is 10.3. The fourth-order valence-corrected chi connectivity index (χ4v) is 2.35. The number of nitrogens with one attached hydrogen (secondary N) is 1. The zero-order chi connectivity index (χ0) is 20.5. The van der Waals surface area contributed by atoms with Gasteiger partial charge in [0.05, 0.1) is 5.56 Å². The van der Waals surface area contributed by atoms with Crippen molar-refractivity contribution in [2.24, 2.45) is 0 Å². The maximum absolute atomic E-state index is 13.3. The van der Waals surface area contributed by atoms with Gasteiger partial charge in [-0.2, -0.15) is 31.4 Å². The highest BCUT2D eigenvalue weighted by atomic mass is 19.4. The Morgan fingerprint density at radius 1 is 0.929 bits per heavy atom.